The highest BCUT2D eigenvalue weighted by Gasteiger charge is 2.11. The van der Waals surface area contributed by atoms with E-state index in [4.69, 9.17) is 4.74 Å². The van der Waals surface area contributed by atoms with Crippen LogP contribution in [0.4, 0.5) is 4.39 Å². The molecule has 106 valence electrons. The SMILES string of the molecule is Cc1nc2c(Oc3ccccc3F)cc(Br)cc2[nH]c1=O. The number of fused-ring (bicyclic) bond motifs is 1. The lowest BCUT2D eigenvalue weighted by molar-refractivity contribution is 0.445. The van der Waals surface area contributed by atoms with Crippen LogP contribution in [0.2, 0.25) is 0 Å². The first-order chi connectivity index (χ1) is 10.0. The Morgan fingerprint density at radius 2 is 2.00 bits per heavy atom. The van der Waals surface area contributed by atoms with Crippen LogP contribution in [0.25, 0.3) is 11.0 Å². The third-order valence-electron chi connectivity index (χ3n) is 2.95. The van der Waals surface area contributed by atoms with Crippen LogP contribution >= 0.6 is 15.9 Å². The summed E-state index contributed by atoms with van der Waals surface area (Å²) in [6.45, 7) is 1.60. The molecule has 0 aliphatic heterocycles. The van der Waals surface area contributed by atoms with Crippen molar-refractivity contribution in [3.63, 3.8) is 0 Å². The largest absolute Gasteiger partial charge is 0.452 e. The van der Waals surface area contributed by atoms with Crippen LogP contribution in [-0.2, 0) is 0 Å². The van der Waals surface area contributed by atoms with Crippen LogP contribution < -0.4 is 10.3 Å². The van der Waals surface area contributed by atoms with Crippen LogP contribution in [0.3, 0.4) is 0 Å². The van der Waals surface area contributed by atoms with Gasteiger partial charge in [0, 0.05) is 4.47 Å². The molecular weight excluding hydrogens is 339 g/mol. The number of para-hydroxylation sites is 1. The Morgan fingerprint density at radius 3 is 2.76 bits per heavy atom. The molecule has 0 aliphatic carbocycles. The van der Waals surface area contributed by atoms with Gasteiger partial charge in [-0.3, -0.25) is 4.79 Å². The zero-order valence-electron chi connectivity index (χ0n) is 11.0. The first kappa shape index (κ1) is 13.8. The summed E-state index contributed by atoms with van der Waals surface area (Å²) in [5, 5.41) is 0. The fourth-order valence-corrected chi connectivity index (χ4v) is 2.38. The molecule has 3 aromatic rings. The number of ether oxygens (including phenoxy) is 1. The first-order valence-corrected chi connectivity index (χ1v) is 6.96. The van der Waals surface area contributed by atoms with Gasteiger partial charge < -0.3 is 9.72 Å². The van der Waals surface area contributed by atoms with E-state index in [1.54, 1.807) is 31.2 Å². The van der Waals surface area contributed by atoms with Crippen molar-refractivity contribution in [3.05, 3.63) is 62.7 Å². The monoisotopic (exact) mass is 348 g/mol. The van der Waals surface area contributed by atoms with Crippen molar-refractivity contribution in [2.45, 2.75) is 6.92 Å². The summed E-state index contributed by atoms with van der Waals surface area (Å²) in [6, 6.07) is 9.51. The van der Waals surface area contributed by atoms with E-state index in [2.05, 4.69) is 25.9 Å². The Labute approximate surface area is 127 Å². The summed E-state index contributed by atoms with van der Waals surface area (Å²) in [7, 11) is 0. The number of hydrogen-bond acceptors (Lipinski definition) is 3. The molecule has 0 saturated heterocycles. The second-order valence-electron chi connectivity index (χ2n) is 4.48. The van der Waals surface area contributed by atoms with E-state index >= 15 is 0 Å². The average Bonchev–Trinajstić information content (AvgIpc) is 2.43. The lowest BCUT2D eigenvalue weighted by Gasteiger charge is -2.10. The van der Waals surface area contributed by atoms with Gasteiger partial charge in [0.25, 0.3) is 5.56 Å². The third kappa shape index (κ3) is 2.67. The van der Waals surface area contributed by atoms with Gasteiger partial charge in [-0.05, 0) is 31.2 Å². The Kier molecular flexibility index (Phi) is 3.47. The van der Waals surface area contributed by atoms with E-state index < -0.39 is 5.82 Å². The zero-order chi connectivity index (χ0) is 15.0. The number of nitrogens with one attached hydrogen (secondary N) is 1. The number of nitrogens with zero attached hydrogens (tertiary/aromatic N) is 1. The highest BCUT2D eigenvalue weighted by molar-refractivity contribution is 9.10. The number of H-pyrrole nitrogens is 1. The minimum Gasteiger partial charge on any atom is -0.452 e. The van der Waals surface area contributed by atoms with Crippen molar-refractivity contribution in [1.82, 2.24) is 9.97 Å². The lowest BCUT2D eigenvalue weighted by Crippen LogP contribution is -2.11. The van der Waals surface area contributed by atoms with E-state index in [-0.39, 0.29) is 11.3 Å². The molecule has 3 rings (SSSR count). The maximum absolute atomic E-state index is 13.7. The van der Waals surface area contributed by atoms with Gasteiger partial charge in [-0.1, -0.05) is 28.1 Å². The van der Waals surface area contributed by atoms with Crippen molar-refractivity contribution in [3.8, 4) is 11.5 Å². The molecule has 0 atom stereocenters. The number of hydrogen-bond donors (Lipinski definition) is 1. The number of rotatable bonds is 2. The van der Waals surface area contributed by atoms with E-state index in [9.17, 15) is 9.18 Å². The van der Waals surface area contributed by atoms with Gasteiger partial charge >= 0.3 is 0 Å². The van der Waals surface area contributed by atoms with Crippen molar-refractivity contribution < 1.29 is 9.13 Å². The fourth-order valence-electron chi connectivity index (χ4n) is 1.94. The fraction of sp³-hybridized carbons (Fsp3) is 0.0667. The van der Waals surface area contributed by atoms with Gasteiger partial charge in [-0.2, -0.15) is 0 Å². The molecular formula is C15H10BrFN2O2. The van der Waals surface area contributed by atoms with Crippen LogP contribution in [0.1, 0.15) is 5.69 Å². The summed E-state index contributed by atoms with van der Waals surface area (Å²) in [6.07, 6.45) is 0. The maximum Gasteiger partial charge on any atom is 0.269 e. The number of halogens is 2. The quantitative estimate of drug-likeness (QED) is 0.763. The maximum atomic E-state index is 13.7. The average molecular weight is 349 g/mol. The van der Waals surface area contributed by atoms with E-state index in [1.807, 2.05) is 0 Å². The smallest absolute Gasteiger partial charge is 0.269 e. The molecule has 0 saturated carbocycles. The Hall–Kier alpha value is -2.21. The van der Waals surface area contributed by atoms with Gasteiger partial charge in [0.15, 0.2) is 17.3 Å². The zero-order valence-corrected chi connectivity index (χ0v) is 12.6. The first-order valence-electron chi connectivity index (χ1n) is 6.17. The summed E-state index contributed by atoms with van der Waals surface area (Å²) < 4.78 is 20.0. The van der Waals surface area contributed by atoms with E-state index in [0.29, 0.717) is 26.9 Å². The molecule has 1 heterocycles. The molecule has 0 bridgehead atoms. The van der Waals surface area contributed by atoms with Crippen molar-refractivity contribution >= 4 is 27.0 Å². The highest BCUT2D eigenvalue weighted by Crippen LogP contribution is 2.32. The molecule has 0 fully saturated rings. The summed E-state index contributed by atoms with van der Waals surface area (Å²) >= 11 is 3.33. The number of aryl methyl sites for hydroxylation is 1. The minimum absolute atomic E-state index is 0.0996. The molecule has 21 heavy (non-hydrogen) atoms. The third-order valence-corrected chi connectivity index (χ3v) is 3.41. The molecule has 1 N–H and O–H groups in total. The van der Waals surface area contributed by atoms with Gasteiger partial charge in [-0.25, -0.2) is 9.37 Å². The number of benzene rings is 2. The Morgan fingerprint density at radius 1 is 1.24 bits per heavy atom. The van der Waals surface area contributed by atoms with Crippen molar-refractivity contribution in [1.29, 1.82) is 0 Å². The van der Waals surface area contributed by atoms with E-state index in [0.717, 1.165) is 0 Å². The van der Waals surface area contributed by atoms with Crippen LogP contribution in [0, 0.1) is 12.7 Å². The predicted octanol–water partition coefficient (Wildman–Crippen LogP) is 3.93. The van der Waals surface area contributed by atoms with Crippen LogP contribution in [0.15, 0.2) is 45.7 Å². The normalized spacial score (nSPS) is 10.8. The second kappa shape index (κ2) is 5.29. The van der Waals surface area contributed by atoms with Crippen molar-refractivity contribution in [2.24, 2.45) is 0 Å². The molecule has 0 spiro atoms. The standard InChI is InChI=1S/C15H10BrFN2O2/c1-8-15(20)19-11-6-9(16)7-13(14(11)18-8)21-12-5-3-2-4-10(12)17/h2-7H,1H3,(H,19,20). The topological polar surface area (TPSA) is 55.0 Å². The summed E-state index contributed by atoms with van der Waals surface area (Å²) in [5.74, 6) is -0.00171. The number of aromatic amines is 1. The Balaban J connectivity index is 2.20. The molecule has 6 heteroatoms. The molecule has 0 aliphatic rings. The van der Waals surface area contributed by atoms with Crippen LogP contribution in [-0.4, -0.2) is 9.97 Å². The van der Waals surface area contributed by atoms with Gasteiger partial charge in [0.05, 0.1) is 5.52 Å². The molecule has 0 unspecified atom stereocenters. The summed E-state index contributed by atoms with van der Waals surface area (Å²) in [4.78, 5) is 18.6. The van der Waals surface area contributed by atoms with Gasteiger partial charge in [0.2, 0.25) is 0 Å². The van der Waals surface area contributed by atoms with E-state index in [1.165, 1.54) is 12.1 Å². The minimum atomic E-state index is -0.466. The lowest BCUT2D eigenvalue weighted by atomic mass is 10.2. The second-order valence-corrected chi connectivity index (χ2v) is 5.40. The Bertz CT molecular complexity index is 892. The van der Waals surface area contributed by atoms with Crippen molar-refractivity contribution in [2.75, 3.05) is 0 Å². The molecule has 2 aromatic carbocycles. The predicted molar refractivity (Wildman–Crippen MR) is 81.3 cm³/mol. The molecule has 1 aromatic heterocycles. The molecule has 0 amide bonds. The molecule has 4 nitrogen and oxygen atoms in total. The van der Waals surface area contributed by atoms with Crippen LogP contribution in [0.5, 0.6) is 11.5 Å². The number of aromatic nitrogens is 2. The van der Waals surface area contributed by atoms with Gasteiger partial charge in [-0.15, -0.1) is 0 Å². The highest BCUT2D eigenvalue weighted by atomic mass is 79.9. The summed E-state index contributed by atoms with van der Waals surface area (Å²) in [5.41, 5.74) is 1.05. The van der Waals surface area contributed by atoms with Gasteiger partial charge in [0.1, 0.15) is 11.2 Å². The molecule has 0 radical (unpaired) electrons.